The third-order valence-electron chi connectivity index (χ3n) is 2.73. The van der Waals surface area contributed by atoms with Crippen LogP contribution in [0.3, 0.4) is 0 Å². The molecular formula is C10H22O6S2. The van der Waals surface area contributed by atoms with E-state index in [1.807, 2.05) is 13.8 Å². The number of hydrogen-bond donors (Lipinski definition) is 0. The van der Waals surface area contributed by atoms with Gasteiger partial charge in [-0.3, -0.25) is 8.37 Å². The van der Waals surface area contributed by atoms with Gasteiger partial charge >= 0.3 is 0 Å². The molecule has 0 radical (unpaired) electrons. The Kier molecular flexibility index (Phi) is 6.77. The van der Waals surface area contributed by atoms with Crippen LogP contribution in [0.5, 0.6) is 0 Å². The van der Waals surface area contributed by atoms with E-state index in [2.05, 4.69) is 0 Å². The zero-order valence-electron chi connectivity index (χ0n) is 11.4. The third-order valence-corrected chi connectivity index (χ3v) is 3.89. The first kappa shape index (κ1) is 17.8. The molecule has 3 atom stereocenters. The average molecular weight is 302 g/mol. The molecule has 0 aromatic heterocycles. The van der Waals surface area contributed by atoms with Crippen LogP contribution in [0, 0.1) is 11.8 Å². The van der Waals surface area contributed by atoms with Gasteiger partial charge in [-0.25, -0.2) is 0 Å². The van der Waals surface area contributed by atoms with E-state index in [1.165, 1.54) is 0 Å². The predicted molar refractivity (Wildman–Crippen MR) is 69.1 cm³/mol. The van der Waals surface area contributed by atoms with Gasteiger partial charge in [0.25, 0.3) is 20.2 Å². The summed E-state index contributed by atoms with van der Waals surface area (Å²) in [7, 11) is -7.00. The van der Waals surface area contributed by atoms with Gasteiger partial charge in [0.05, 0.1) is 25.2 Å². The Hall–Kier alpha value is -0.180. The number of hydrogen-bond acceptors (Lipinski definition) is 6. The predicted octanol–water partition coefficient (Wildman–Crippen LogP) is 0.990. The highest BCUT2D eigenvalue weighted by Gasteiger charge is 2.26. The Balaban J connectivity index is 4.54. The molecule has 0 N–H and O–H groups in total. The van der Waals surface area contributed by atoms with Crippen LogP contribution in [0.1, 0.15) is 27.2 Å². The van der Waals surface area contributed by atoms with Crippen LogP contribution in [-0.2, 0) is 28.6 Å². The monoisotopic (exact) mass is 302 g/mol. The van der Waals surface area contributed by atoms with Crippen molar-refractivity contribution in [3.05, 3.63) is 0 Å². The summed E-state index contributed by atoms with van der Waals surface area (Å²) in [5.41, 5.74) is 0. The molecule has 0 saturated carbocycles. The zero-order valence-corrected chi connectivity index (χ0v) is 13.0. The molecule has 0 amide bonds. The van der Waals surface area contributed by atoms with Crippen molar-refractivity contribution in [2.45, 2.75) is 33.3 Å². The molecule has 0 aliphatic carbocycles. The summed E-state index contributed by atoms with van der Waals surface area (Å²) < 4.78 is 53.6. The molecule has 0 aromatic rings. The highest BCUT2D eigenvalue weighted by Crippen LogP contribution is 2.22. The fourth-order valence-electron chi connectivity index (χ4n) is 1.50. The van der Waals surface area contributed by atoms with Gasteiger partial charge in [0, 0.05) is 0 Å². The van der Waals surface area contributed by atoms with Gasteiger partial charge in [0.15, 0.2) is 0 Å². The molecule has 0 heterocycles. The SMILES string of the molecule is CC[C@H](OS(C)(=O)=O)[C@H](C)C(C)COS(C)(=O)=O. The van der Waals surface area contributed by atoms with Gasteiger partial charge in [-0.2, -0.15) is 16.8 Å². The van der Waals surface area contributed by atoms with Crippen LogP contribution in [0.25, 0.3) is 0 Å². The second-order valence-electron chi connectivity index (χ2n) is 4.57. The van der Waals surface area contributed by atoms with E-state index in [0.717, 1.165) is 12.5 Å². The smallest absolute Gasteiger partial charge is 0.264 e. The summed E-state index contributed by atoms with van der Waals surface area (Å²) in [5.74, 6) is -0.266. The maximum atomic E-state index is 11.1. The van der Waals surface area contributed by atoms with Gasteiger partial charge in [0.2, 0.25) is 0 Å². The lowest BCUT2D eigenvalue weighted by Crippen LogP contribution is -2.31. The van der Waals surface area contributed by atoms with Gasteiger partial charge in [-0.05, 0) is 18.3 Å². The quantitative estimate of drug-likeness (QED) is 0.621. The minimum absolute atomic E-state index is 0.0175. The van der Waals surface area contributed by atoms with Crippen molar-refractivity contribution >= 4 is 20.2 Å². The van der Waals surface area contributed by atoms with Crippen molar-refractivity contribution in [3.63, 3.8) is 0 Å². The van der Waals surface area contributed by atoms with E-state index >= 15 is 0 Å². The van der Waals surface area contributed by atoms with E-state index in [0.29, 0.717) is 6.42 Å². The first-order valence-corrected chi connectivity index (χ1v) is 9.32. The maximum absolute atomic E-state index is 11.1. The van der Waals surface area contributed by atoms with Gasteiger partial charge < -0.3 is 0 Å². The average Bonchev–Trinajstić information content (AvgIpc) is 2.19. The summed E-state index contributed by atoms with van der Waals surface area (Å²) in [6.45, 7) is 5.44. The second kappa shape index (κ2) is 6.83. The van der Waals surface area contributed by atoms with Crippen molar-refractivity contribution in [1.29, 1.82) is 0 Å². The lowest BCUT2D eigenvalue weighted by atomic mass is 9.90. The molecule has 18 heavy (non-hydrogen) atoms. The topological polar surface area (TPSA) is 86.7 Å². The standard InChI is InChI=1S/C10H22O6S2/c1-6-10(16-18(5,13)14)9(3)8(2)7-15-17(4,11)12/h8-10H,6-7H2,1-5H3/t8?,9-,10+/m1/s1. The van der Waals surface area contributed by atoms with E-state index in [1.54, 1.807) is 6.92 Å². The molecule has 0 aliphatic rings. The summed E-state index contributed by atoms with van der Waals surface area (Å²) >= 11 is 0. The molecule has 0 aromatic carbocycles. The summed E-state index contributed by atoms with van der Waals surface area (Å²) in [5, 5.41) is 0. The second-order valence-corrected chi connectivity index (χ2v) is 7.82. The van der Waals surface area contributed by atoms with Crippen LogP contribution >= 0.6 is 0 Å². The molecule has 1 unspecified atom stereocenters. The lowest BCUT2D eigenvalue weighted by Gasteiger charge is -2.26. The summed E-state index contributed by atoms with van der Waals surface area (Å²) in [6.07, 6.45) is 2.03. The van der Waals surface area contributed by atoms with Gasteiger partial charge in [0.1, 0.15) is 0 Å². The largest absolute Gasteiger partial charge is 0.270 e. The Labute approximate surface area is 110 Å². The van der Waals surface area contributed by atoms with Crippen LogP contribution in [0.4, 0.5) is 0 Å². The van der Waals surface area contributed by atoms with Crippen molar-refractivity contribution in [1.82, 2.24) is 0 Å². The number of rotatable bonds is 8. The first-order valence-electron chi connectivity index (χ1n) is 5.69. The van der Waals surface area contributed by atoms with Gasteiger partial charge in [-0.1, -0.05) is 20.8 Å². The molecule has 0 aliphatic heterocycles. The first-order chi connectivity index (χ1) is 7.96. The van der Waals surface area contributed by atoms with Crippen molar-refractivity contribution < 1.29 is 25.2 Å². The van der Waals surface area contributed by atoms with Gasteiger partial charge in [-0.15, -0.1) is 0 Å². The minimum Gasteiger partial charge on any atom is -0.270 e. The molecule has 0 bridgehead atoms. The Bertz CT molecular complexity index is 439. The van der Waals surface area contributed by atoms with Crippen LogP contribution in [-0.4, -0.2) is 42.1 Å². The molecular weight excluding hydrogens is 280 g/mol. The highest BCUT2D eigenvalue weighted by atomic mass is 32.2. The van der Waals surface area contributed by atoms with Crippen molar-refractivity contribution in [2.75, 3.05) is 19.1 Å². The van der Waals surface area contributed by atoms with E-state index < -0.39 is 26.3 Å². The van der Waals surface area contributed by atoms with Crippen LogP contribution < -0.4 is 0 Å². The van der Waals surface area contributed by atoms with Crippen molar-refractivity contribution in [3.8, 4) is 0 Å². The third kappa shape index (κ3) is 8.02. The fraction of sp³-hybridized carbons (Fsp3) is 1.00. The summed E-state index contributed by atoms with van der Waals surface area (Å²) in [6, 6.07) is 0. The molecule has 0 saturated heterocycles. The summed E-state index contributed by atoms with van der Waals surface area (Å²) in [4.78, 5) is 0. The molecule has 0 rings (SSSR count). The lowest BCUT2D eigenvalue weighted by molar-refractivity contribution is 0.0932. The van der Waals surface area contributed by atoms with Crippen molar-refractivity contribution in [2.24, 2.45) is 11.8 Å². The molecule has 0 spiro atoms. The van der Waals surface area contributed by atoms with Crippen LogP contribution in [0.15, 0.2) is 0 Å². The molecule has 0 fully saturated rings. The normalized spacial score (nSPS) is 18.3. The molecule has 6 nitrogen and oxygen atoms in total. The molecule has 8 heteroatoms. The van der Waals surface area contributed by atoms with E-state index in [9.17, 15) is 16.8 Å². The van der Waals surface area contributed by atoms with E-state index in [4.69, 9.17) is 8.37 Å². The van der Waals surface area contributed by atoms with E-state index in [-0.39, 0.29) is 18.4 Å². The maximum Gasteiger partial charge on any atom is 0.264 e. The Morgan fingerprint density at radius 1 is 1.00 bits per heavy atom. The highest BCUT2D eigenvalue weighted by molar-refractivity contribution is 7.86. The Morgan fingerprint density at radius 2 is 1.50 bits per heavy atom. The zero-order chi connectivity index (χ0) is 14.6. The Morgan fingerprint density at radius 3 is 1.83 bits per heavy atom. The fourth-order valence-corrected chi connectivity index (χ4v) is 2.72. The minimum atomic E-state index is -3.52. The van der Waals surface area contributed by atoms with Crippen LogP contribution in [0.2, 0.25) is 0 Å². The molecule has 110 valence electrons.